The molecule has 0 unspecified atom stereocenters. The Labute approximate surface area is 174 Å². The molecule has 1 amide bonds. The second-order valence-corrected chi connectivity index (χ2v) is 7.90. The smallest absolute Gasteiger partial charge is 0.240 e. The van der Waals surface area contributed by atoms with E-state index in [-0.39, 0.29) is 30.7 Å². The summed E-state index contributed by atoms with van der Waals surface area (Å²) in [6.45, 7) is 7.51. The van der Waals surface area contributed by atoms with Crippen molar-refractivity contribution in [1.82, 2.24) is 15.2 Å². The Morgan fingerprint density at radius 3 is 2.41 bits per heavy atom. The van der Waals surface area contributed by atoms with Crippen LogP contribution < -0.4 is 11.1 Å². The van der Waals surface area contributed by atoms with E-state index in [0.29, 0.717) is 5.92 Å². The van der Waals surface area contributed by atoms with Crippen LogP contribution in [0.3, 0.4) is 0 Å². The van der Waals surface area contributed by atoms with Gasteiger partial charge >= 0.3 is 0 Å². The number of oxazole rings is 1. The normalized spacial score (nSPS) is 20.4. The monoisotopic (exact) mass is 420 g/mol. The highest BCUT2D eigenvalue weighted by Crippen LogP contribution is 2.26. The van der Waals surface area contributed by atoms with Gasteiger partial charge in [-0.15, -0.1) is 24.8 Å². The maximum atomic E-state index is 12.4. The minimum absolute atomic E-state index is 0. The van der Waals surface area contributed by atoms with Crippen molar-refractivity contribution in [2.45, 2.75) is 70.9 Å². The van der Waals surface area contributed by atoms with E-state index in [1.807, 2.05) is 13.8 Å². The van der Waals surface area contributed by atoms with E-state index < -0.39 is 5.54 Å². The molecule has 1 aliphatic heterocycles. The van der Waals surface area contributed by atoms with Crippen molar-refractivity contribution in [3.05, 3.63) is 17.3 Å². The Morgan fingerprint density at radius 1 is 1.22 bits per heavy atom. The molecule has 1 saturated heterocycles. The topological polar surface area (TPSA) is 84.4 Å². The zero-order valence-corrected chi connectivity index (χ0v) is 18.1. The Bertz CT molecular complexity index is 575. The number of aromatic nitrogens is 1. The maximum absolute atomic E-state index is 12.4. The molecule has 8 heteroatoms. The molecule has 6 nitrogen and oxygen atoms in total. The first-order valence-corrected chi connectivity index (χ1v) is 9.69. The van der Waals surface area contributed by atoms with Crippen molar-refractivity contribution in [1.29, 1.82) is 0 Å². The molecule has 156 valence electrons. The molecule has 3 N–H and O–H groups in total. The number of aryl methyl sites for hydroxylation is 2. The quantitative estimate of drug-likeness (QED) is 0.763. The van der Waals surface area contributed by atoms with Crippen molar-refractivity contribution < 1.29 is 9.21 Å². The van der Waals surface area contributed by atoms with Gasteiger partial charge in [-0.2, -0.15) is 0 Å². The number of hydrogen-bond donors (Lipinski definition) is 2. The van der Waals surface area contributed by atoms with Crippen LogP contribution in [0.1, 0.15) is 62.3 Å². The van der Waals surface area contributed by atoms with Crippen LogP contribution in [0.4, 0.5) is 0 Å². The summed E-state index contributed by atoms with van der Waals surface area (Å²) < 4.78 is 5.68. The van der Waals surface area contributed by atoms with Crippen molar-refractivity contribution in [3.8, 4) is 0 Å². The summed E-state index contributed by atoms with van der Waals surface area (Å²) in [5.41, 5.74) is 6.66. The van der Waals surface area contributed by atoms with Gasteiger partial charge in [-0.3, -0.25) is 9.69 Å². The van der Waals surface area contributed by atoms with Crippen molar-refractivity contribution >= 4 is 30.7 Å². The lowest BCUT2D eigenvalue weighted by atomic mass is 9.81. The van der Waals surface area contributed by atoms with Gasteiger partial charge in [-0.05, 0) is 58.5 Å². The first-order chi connectivity index (χ1) is 12.0. The van der Waals surface area contributed by atoms with Crippen molar-refractivity contribution in [2.24, 2.45) is 11.7 Å². The number of carbonyl (C=O) groups excluding carboxylic acids is 1. The Hall–Kier alpha value is -0.820. The van der Waals surface area contributed by atoms with Crippen LogP contribution in [0, 0.1) is 19.8 Å². The molecule has 0 aromatic carbocycles. The largest absolute Gasteiger partial charge is 0.444 e. The fourth-order valence-electron chi connectivity index (χ4n) is 3.97. The van der Waals surface area contributed by atoms with Gasteiger partial charge in [0.2, 0.25) is 11.8 Å². The van der Waals surface area contributed by atoms with Gasteiger partial charge in [-0.1, -0.05) is 19.3 Å². The average Bonchev–Trinajstić information content (AvgIpc) is 2.92. The zero-order valence-electron chi connectivity index (χ0n) is 16.5. The lowest BCUT2D eigenvalue weighted by Crippen LogP contribution is -2.55. The summed E-state index contributed by atoms with van der Waals surface area (Å²) in [4.78, 5) is 19.3. The predicted octanol–water partition coefficient (Wildman–Crippen LogP) is 3.12. The van der Waals surface area contributed by atoms with E-state index in [2.05, 4.69) is 15.2 Å². The lowest BCUT2D eigenvalue weighted by molar-refractivity contribution is -0.127. The van der Waals surface area contributed by atoms with Gasteiger partial charge in [0.1, 0.15) is 5.76 Å². The number of hydrogen-bond acceptors (Lipinski definition) is 5. The molecule has 0 spiro atoms. The minimum Gasteiger partial charge on any atom is -0.444 e. The van der Waals surface area contributed by atoms with E-state index in [4.69, 9.17) is 10.2 Å². The Morgan fingerprint density at radius 2 is 1.85 bits per heavy atom. The molecule has 0 bridgehead atoms. The molecule has 2 heterocycles. The number of nitrogens with two attached hydrogens (primary N) is 1. The summed E-state index contributed by atoms with van der Waals surface area (Å²) in [5, 5.41) is 3.12. The fourth-order valence-corrected chi connectivity index (χ4v) is 3.97. The molecule has 2 fully saturated rings. The van der Waals surface area contributed by atoms with Gasteiger partial charge in [-0.25, -0.2) is 4.98 Å². The van der Waals surface area contributed by atoms with E-state index >= 15 is 0 Å². The number of likely N-dealkylation sites (tertiary alicyclic amines) is 1. The van der Waals surface area contributed by atoms with Crippen LogP contribution >= 0.6 is 24.8 Å². The molecule has 0 atom stereocenters. The van der Waals surface area contributed by atoms with Crippen LogP contribution in [0.15, 0.2) is 4.42 Å². The molecule has 1 aliphatic carbocycles. The first kappa shape index (κ1) is 24.2. The molecule has 27 heavy (non-hydrogen) atoms. The number of piperidine rings is 1. The minimum atomic E-state index is -0.625. The van der Waals surface area contributed by atoms with Crippen molar-refractivity contribution in [2.75, 3.05) is 19.6 Å². The van der Waals surface area contributed by atoms with Crippen LogP contribution in [0.2, 0.25) is 0 Å². The summed E-state index contributed by atoms with van der Waals surface area (Å²) in [5.74, 6) is 2.32. The third-order valence-electron chi connectivity index (χ3n) is 5.89. The van der Waals surface area contributed by atoms with Crippen LogP contribution in [0.25, 0.3) is 0 Å². The summed E-state index contributed by atoms with van der Waals surface area (Å²) in [7, 11) is 0. The molecule has 3 rings (SSSR count). The highest BCUT2D eigenvalue weighted by atomic mass is 35.5. The van der Waals surface area contributed by atoms with Gasteiger partial charge < -0.3 is 15.5 Å². The molecular weight excluding hydrogens is 387 g/mol. The van der Waals surface area contributed by atoms with Crippen molar-refractivity contribution in [3.63, 3.8) is 0 Å². The number of carbonyl (C=O) groups is 1. The van der Waals surface area contributed by atoms with Crippen LogP contribution in [-0.2, 0) is 11.3 Å². The van der Waals surface area contributed by atoms with E-state index in [0.717, 1.165) is 82.0 Å². The number of nitrogens with zero attached hydrogens (tertiary/aromatic N) is 2. The first-order valence-electron chi connectivity index (χ1n) is 9.69. The number of rotatable bonds is 5. The molecule has 0 radical (unpaired) electrons. The Balaban J connectivity index is 0.00000182. The summed E-state index contributed by atoms with van der Waals surface area (Å²) >= 11 is 0. The fraction of sp³-hybridized carbons (Fsp3) is 0.789. The molecule has 1 saturated carbocycles. The highest BCUT2D eigenvalue weighted by molar-refractivity contribution is 5.86. The molecule has 2 aliphatic rings. The second kappa shape index (κ2) is 10.6. The average molecular weight is 421 g/mol. The molecule has 1 aromatic heterocycles. The third kappa shape index (κ3) is 6.34. The van der Waals surface area contributed by atoms with Gasteiger partial charge in [0, 0.05) is 6.54 Å². The van der Waals surface area contributed by atoms with Crippen LogP contribution in [0.5, 0.6) is 0 Å². The van der Waals surface area contributed by atoms with E-state index in [9.17, 15) is 4.79 Å². The lowest BCUT2D eigenvalue weighted by Gasteiger charge is -2.34. The third-order valence-corrected chi connectivity index (χ3v) is 5.89. The SMILES string of the molecule is Cc1nc(CN2CCC(CNC(=O)C3(N)CCCCC3)CC2)oc1C.Cl.Cl. The van der Waals surface area contributed by atoms with Gasteiger partial charge in [0.15, 0.2) is 0 Å². The standard InChI is InChI=1S/C19H32N4O2.2ClH/c1-14-15(2)25-17(22-14)13-23-10-6-16(7-11-23)12-21-18(24)19(20)8-4-3-5-9-19;;/h16H,3-13,20H2,1-2H3,(H,21,24);2*1H. The highest BCUT2D eigenvalue weighted by Gasteiger charge is 2.35. The number of halogens is 2. The molecular formula is C19H34Cl2N4O2. The van der Waals surface area contributed by atoms with Crippen LogP contribution in [-0.4, -0.2) is 41.0 Å². The second-order valence-electron chi connectivity index (χ2n) is 7.90. The number of nitrogens with one attached hydrogen (secondary N) is 1. The summed E-state index contributed by atoms with van der Waals surface area (Å²) in [6.07, 6.45) is 7.18. The van der Waals surface area contributed by atoms with Gasteiger partial charge in [0.25, 0.3) is 0 Å². The Kier molecular flexibility index (Phi) is 9.55. The maximum Gasteiger partial charge on any atom is 0.240 e. The summed E-state index contributed by atoms with van der Waals surface area (Å²) in [6, 6.07) is 0. The number of amides is 1. The van der Waals surface area contributed by atoms with Gasteiger partial charge in [0.05, 0.1) is 17.8 Å². The van der Waals surface area contributed by atoms with E-state index in [1.165, 1.54) is 6.42 Å². The predicted molar refractivity (Wildman–Crippen MR) is 111 cm³/mol. The molecule has 1 aromatic rings. The zero-order chi connectivity index (χ0) is 17.9. The van der Waals surface area contributed by atoms with E-state index in [1.54, 1.807) is 0 Å².